The molecule has 272 valence electrons. The van der Waals surface area contributed by atoms with Gasteiger partial charge >= 0.3 is 0 Å². The first kappa shape index (κ1) is 32.6. The summed E-state index contributed by atoms with van der Waals surface area (Å²) in [5.74, 6) is 0. The van der Waals surface area contributed by atoms with E-state index in [2.05, 4.69) is 193 Å². The number of anilines is 3. The molecule has 11 aromatic rings. The van der Waals surface area contributed by atoms with Gasteiger partial charge in [-0.1, -0.05) is 187 Å². The van der Waals surface area contributed by atoms with Crippen LogP contribution in [0.3, 0.4) is 0 Å². The molecule has 2 aliphatic rings. The highest BCUT2D eigenvalue weighted by Gasteiger charge is 2.43. The van der Waals surface area contributed by atoms with Crippen LogP contribution in [0.5, 0.6) is 0 Å². The van der Waals surface area contributed by atoms with E-state index in [1.54, 1.807) is 0 Å². The highest BCUT2D eigenvalue weighted by atomic mass is 16.3. The maximum Gasteiger partial charge on any atom is 0.246 e. The Bertz CT molecular complexity index is 3250. The molecule has 4 heterocycles. The van der Waals surface area contributed by atoms with Crippen LogP contribution in [-0.2, 0) is 0 Å². The highest BCUT2D eigenvalue weighted by Crippen LogP contribution is 2.43. The van der Waals surface area contributed by atoms with Crippen LogP contribution in [0.2, 0.25) is 0 Å². The van der Waals surface area contributed by atoms with E-state index < -0.39 is 0 Å². The smallest absolute Gasteiger partial charge is 0.246 e. The Balaban J connectivity index is 1.10. The van der Waals surface area contributed by atoms with Crippen LogP contribution in [0.4, 0.5) is 17.1 Å². The first-order valence-electron chi connectivity index (χ1n) is 20.4. The molecule has 5 heteroatoms. The molecular weight excluding hydrogens is 716 g/mol. The van der Waals surface area contributed by atoms with Gasteiger partial charge in [-0.25, -0.2) is 0 Å². The molecule has 2 aliphatic heterocycles. The zero-order valence-electron chi connectivity index (χ0n) is 32.0. The molecule has 0 fully saturated rings. The van der Waals surface area contributed by atoms with Crippen LogP contribution in [0.25, 0.3) is 66.1 Å². The fraction of sp³-hybridized carbons (Fsp3) is 0. The Kier molecular flexibility index (Phi) is 6.90. The van der Waals surface area contributed by atoms with Gasteiger partial charge in [0, 0.05) is 49.7 Å². The first-order chi connectivity index (χ1) is 29.3. The Morgan fingerprint density at radius 1 is 0.339 bits per heavy atom. The molecule has 0 radical (unpaired) electrons. The van der Waals surface area contributed by atoms with Gasteiger partial charge in [-0.05, 0) is 57.2 Å². The van der Waals surface area contributed by atoms with Crippen molar-refractivity contribution < 1.29 is 8.83 Å². The lowest BCUT2D eigenvalue weighted by atomic mass is 9.30. The predicted molar refractivity (Wildman–Crippen MR) is 249 cm³/mol. The summed E-state index contributed by atoms with van der Waals surface area (Å²) in [6.45, 7) is 0.0813. The number of rotatable bonds is 4. The fourth-order valence-electron chi connectivity index (χ4n) is 10.3. The minimum absolute atomic E-state index is 0.0406. The van der Waals surface area contributed by atoms with Crippen molar-refractivity contribution in [1.82, 2.24) is 0 Å². The largest absolute Gasteiger partial charge is 0.455 e. The highest BCUT2D eigenvalue weighted by molar-refractivity contribution is 7.02. The number of fused-ring (bicyclic) bond motifs is 10. The standard InChI is InChI=1S/C54H33B2NO2/c1-3-14-36(15-4-1)55-44-30-28-34(38-20-11-22-42-40-18-7-9-26-50(40)58-53(38)42)32-48(44)57-49-33-35(39-21-12-23-43-41-19-8-10-27-51(41)59-54(39)43)29-31-45(49)56(37-16-5-2-6-17-37)47-25-13-24-46(55)52(47)57/h1-33H. The summed E-state index contributed by atoms with van der Waals surface area (Å²) >= 11 is 0. The number of hydrogen-bond donors (Lipinski definition) is 0. The summed E-state index contributed by atoms with van der Waals surface area (Å²) in [7, 11) is 0. The third kappa shape index (κ3) is 4.73. The van der Waals surface area contributed by atoms with E-state index >= 15 is 0 Å². The van der Waals surface area contributed by atoms with Gasteiger partial charge < -0.3 is 13.7 Å². The SMILES string of the molecule is c1ccc(B2c3ccc(-c4cccc5c4oc4ccccc45)cc3N3c4cc(-c5cccc6c5oc5ccccc56)ccc4B(c4ccccc4)c4cccc2c43)cc1. The summed E-state index contributed by atoms with van der Waals surface area (Å²) in [6, 6.07) is 72.9. The molecule has 0 N–H and O–H groups in total. The second-order valence-corrected chi connectivity index (χ2v) is 15.9. The van der Waals surface area contributed by atoms with Crippen molar-refractivity contribution in [2.45, 2.75) is 0 Å². The van der Waals surface area contributed by atoms with Gasteiger partial charge in [0.1, 0.15) is 22.3 Å². The minimum atomic E-state index is 0.0406. The van der Waals surface area contributed by atoms with E-state index in [9.17, 15) is 0 Å². The third-order valence-electron chi connectivity index (χ3n) is 12.8. The molecule has 0 saturated heterocycles. The number of para-hydroxylation sites is 5. The van der Waals surface area contributed by atoms with E-state index in [1.807, 2.05) is 12.1 Å². The van der Waals surface area contributed by atoms with Gasteiger partial charge in [-0.3, -0.25) is 0 Å². The molecule has 0 unspecified atom stereocenters. The lowest BCUT2D eigenvalue weighted by molar-refractivity contribution is 0.669. The Morgan fingerprint density at radius 2 is 0.763 bits per heavy atom. The van der Waals surface area contributed by atoms with Crippen molar-refractivity contribution in [3.8, 4) is 22.3 Å². The van der Waals surface area contributed by atoms with E-state index in [1.165, 1.54) is 49.8 Å². The minimum Gasteiger partial charge on any atom is -0.455 e. The molecule has 9 aromatic carbocycles. The number of nitrogens with zero attached hydrogens (tertiary/aromatic N) is 1. The molecule has 0 amide bonds. The van der Waals surface area contributed by atoms with Gasteiger partial charge in [-0.15, -0.1) is 0 Å². The van der Waals surface area contributed by atoms with Gasteiger partial charge in [0.2, 0.25) is 13.4 Å². The summed E-state index contributed by atoms with van der Waals surface area (Å²) in [4.78, 5) is 2.57. The number of hydrogen-bond acceptors (Lipinski definition) is 3. The van der Waals surface area contributed by atoms with E-state index in [4.69, 9.17) is 8.83 Å². The molecule has 3 nitrogen and oxygen atoms in total. The van der Waals surface area contributed by atoms with E-state index in [0.717, 1.165) is 66.1 Å². The normalized spacial score (nSPS) is 13.0. The average molecular weight is 749 g/mol. The maximum atomic E-state index is 6.63. The Morgan fingerprint density at radius 3 is 1.25 bits per heavy atom. The number of furan rings is 2. The second kappa shape index (κ2) is 12.5. The molecule has 0 spiro atoms. The average Bonchev–Trinajstić information content (AvgIpc) is 3.88. The van der Waals surface area contributed by atoms with Crippen molar-refractivity contribution >= 4 is 107 Å². The van der Waals surface area contributed by atoms with Crippen molar-refractivity contribution in [3.05, 3.63) is 200 Å². The van der Waals surface area contributed by atoms with Gasteiger partial charge in [0.15, 0.2) is 0 Å². The van der Waals surface area contributed by atoms with Crippen LogP contribution in [0, 0.1) is 0 Å². The number of benzene rings is 9. The van der Waals surface area contributed by atoms with Crippen molar-refractivity contribution in [1.29, 1.82) is 0 Å². The van der Waals surface area contributed by atoms with Gasteiger partial charge in [-0.2, -0.15) is 0 Å². The van der Waals surface area contributed by atoms with Crippen molar-refractivity contribution in [2.75, 3.05) is 4.90 Å². The summed E-state index contributed by atoms with van der Waals surface area (Å²) in [5.41, 5.74) is 19.4. The Labute approximate surface area is 341 Å². The molecule has 2 aromatic heterocycles. The second-order valence-electron chi connectivity index (χ2n) is 15.9. The molecular formula is C54H33B2NO2. The van der Waals surface area contributed by atoms with Crippen LogP contribution in [0.1, 0.15) is 0 Å². The lowest BCUT2D eigenvalue weighted by Gasteiger charge is -2.44. The molecule has 0 bridgehead atoms. The quantitative estimate of drug-likeness (QED) is 0.168. The van der Waals surface area contributed by atoms with E-state index in [0.29, 0.717) is 0 Å². The van der Waals surface area contributed by atoms with Crippen LogP contribution >= 0.6 is 0 Å². The van der Waals surface area contributed by atoms with Crippen LogP contribution in [-0.4, -0.2) is 13.4 Å². The summed E-state index contributed by atoms with van der Waals surface area (Å²) in [6.07, 6.45) is 0. The monoisotopic (exact) mass is 749 g/mol. The molecule has 0 aliphatic carbocycles. The zero-order chi connectivity index (χ0) is 38.6. The lowest BCUT2D eigenvalue weighted by Crippen LogP contribution is -2.64. The molecule has 13 rings (SSSR count). The first-order valence-corrected chi connectivity index (χ1v) is 20.4. The van der Waals surface area contributed by atoms with Gasteiger partial charge in [0.05, 0.1) is 0 Å². The fourth-order valence-corrected chi connectivity index (χ4v) is 10.3. The van der Waals surface area contributed by atoms with Crippen LogP contribution in [0.15, 0.2) is 209 Å². The van der Waals surface area contributed by atoms with E-state index in [-0.39, 0.29) is 13.4 Å². The molecule has 0 atom stereocenters. The van der Waals surface area contributed by atoms with Crippen LogP contribution < -0.4 is 37.7 Å². The molecule has 0 saturated carbocycles. The topological polar surface area (TPSA) is 29.5 Å². The third-order valence-corrected chi connectivity index (χ3v) is 12.8. The summed E-state index contributed by atoms with van der Waals surface area (Å²) < 4.78 is 13.3. The van der Waals surface area contributed by atoms with Crippen molar-refractivity contribution in [3.63, 3.8) is 0 Å². The van der Waals surface area contributed by atoms with Gasteiger partial charge in [0.25, 0.3) is 0 Å². The molecule has 59 heavy (non-hydrogen) atoms. The Hall–Kier alpha value is -7.49. The zero-order valence-corrected chi connectivity index (χ0v) is 32.0. The van der Waals surface area contributed by atoms with Crippen molar-refractivity contribution in [2.24, 2.45) is 0 Å². The summed E-state index contributed by atoms with van der Waals surface area (Å²) in [5, 5.41) is 4.52. The maximum absolute atomic E-state index is 6.63. The predicted octanol–water partition coefficient (Wildman–Crippen LogP) is 9.95.